The van der Waals surface area contributed by atoms with Crippen LogP contribution in [0.2, 0.25) is 0 Å². The smallest absolute Gasteiger partial charge is 0.231 e. The molecular formula is C17H12N2O4. The highest BCUT2D eigenvalue weighted by Gasteiger charge is 2.39. The molecule has 6 nitrogen and oxygen atoms in total. The second-order valence-electron chi connectivity index (χ2n) is 5.47. The van der Waals surface area contributed by atoms with Crippen molar-refractivity contribution in [3.63, 3.8) is 0 Å². The molecule has 0 radical (unpaired) electrons. The topological polar surface area (TPSA) is 68.8 Å². The van der Waals surface area contributed by atoms with Crippen molar-refractivity contribution in [3.8, 4) is 11.5 Å². The summed E-state index contributed by atoms with van der Waals surface area (Å²) < 4.78 is 16.5. The number of hydrogen-bond acceptors (Lipinski definition) is 6. The van der Waals surface area contributed by atoms with Gasteiger partial charge in [-0.05, 0) is 24.3 Å². The quantitative estimate of drug-likeness (QED) is 0.844. The lowest BCUT2D eigenvalue weighted by Crippen LogP contribution is -2.17. The van der Waals surface area contributed by atoms with Crippen LogP contribution in [0.15, 0.2) is 54.0 Å². The molecule has 114 valence electrons. The molecule has 0 spiro atoms. The van der Waals surface area contributed by atoms with Crippen molar-refractivity contribution >= 4 is 17.2 Å². The van der Waals surface area contributed by atoms with Crippen LogP contribution in [-0.2, 0) is 9.53 Å². The molecule has 0 fully saturated rings. The van der Waals surface area contributed by atoms with Crippen LogP contribution < -0.4 is 20.1 Å². The zero-order chi connectivity index (χ0) is 15.4. The second-order valence-corrected chi connectivity index (χ2v) is 5.47. The summed E-state index contributed by atoms with van der Waals surface area (Å²) in [6, 6.07) is 13.1. The van der Waals surface area contributed by atoms with Crippen LogP contribution in [0.25, 0.3) is 0 Å². The summed E-state index contributed by atoms with van der Waals surface area (Å²) in [6.45, 7) is 0.200. The summed E-state index contributed by atoms with van der Waals surface area (Å²) in [5.74, 6) is 1.66. The Labute approximate surface area is 131 Å². The lowest BCUT2D eigenvalue weighted by molar-refractivity contribution is -0.121. The number of carbonyl (C=O) groups is 1. The number of Topliss-reactive ketones (excluding diaryl/α,β-unsaturated/α-hetero) is 1. The maximum Gasteiger partial charge on any atom is 0.231 e. The van der Waals surface area contributed by atoms with E-state index in [4.69, 9.17) is 14.2 Å². The predicted octanol–water partition coefficient (Wildman–Crippen LogP) is 2.76. The van der Waals surface area contributed by atoms with Gasteiger partial charge in [-0.2, -0.15) is 0 Å². The molecule has 0 amide bonds. The fourth-order valence-corrected chi connectivity index (χ4v) is 2.94. The van der Waals surface area contributed by atoms with Crippen LogP contribution in [-0.4, -0.2) is 12.6 Å². The van der Waals surface area contributed by atoms with Crippen LogP contribution in [0.1, 0.15) is 11.7 Å². The Balaban J connectivity index is 1.47. The SMILES string of the molecule is O=C1C2=C(Nc3ccccc3N2)O[C@H]1c1ccc2c(c1)OCO2. The van der Waals surface area contributed by atoms with Crippen molar-refractivity contribution < 1.29 is 19.0 Å². The van der Waals surface area contributed by atoms with Gasteiger partial charge in [-0.1, -0.05) is 18.2 Å². The highest BCUT2D eigenvalue weighted by molar-refractivity contribution is 6.06. The zero-order valence-electron chi connectivity index (χ0n) is 12.0. The Morgan fingerprint density at radius 2 is 1.74 bits per heavy atom. The molecule has 1 atom stereocenters. The molecule has 6 heteroatoms. The minimum absolute atomic E-state index is 0.110. The zero-order valence-corrected chi connectivity index (χ0v) is 12.0. The molecule has 23 heavy (non-hydrogen) atoms. The van der Waals surface area contributed by atoms with Crippen LogP contribution in [0.4, 0.5) is 11.4 Å². The number of rotatable bonds is 1. The Kier molecular flexibility index (Phi) is 2.38. The number of para-hydroxylation sites is 2. The number of ether oxygens (including phenoxy) is 3. The van der Waals surface area contributed by atoms with Crippen LogP contribution in [0.3, 0.4) is 0 Å². The lowest BCUT2D eigenvalue weighted by atomic mass is 10.0. The summed E-state index contributed by atoms with van der Waals surface area (Å²) in [5.41, 5.74) is 2.92. The van der Waals surface area contributed by atoms with Crippen molar-refractivity contribution in [1.82, 2.24) is 0 Å². The molecule has 0 unspecified atom stereocenters. The normalized spacial score (nSPS) is 20.3. The molecule has 3 aliphatic heterocycles. The molecule has 3 aliphatic rings. The third-order valence-electron chi connectivity index (χ3n) is 4.08. The van der Waals surface area contributed by atoms with Gasteiger partial charge in [0.1, 0.15) is 5.70 Å². The molecule has 0 aromatic heterocycles. The van der Waals surface area contributed by atoms with E-state index in [9.17, 15) is 4.79 Å². The monoisotopic (exact) mass is 308 g/mol. The van der Waals surface area contributed by atoms with Gasteiger partial charge < -0.3 is 24.8 Å². The Morgan fingerprint density at radius 1 is 0.957 bits per heavy atom. The van der Waals surface area contributed by atoms with Gasteiger partial charge in [-0.25, -0.2) is 0 Å². The van der Waals surface area contributed by atoms with Gasteiger partial charge in [0, 0.05) is 5.56 Å². The van der Waals surface area contributed by atoms with Crippen LogP contribution in [0, 0.1) is 0 Å². The summed E-state index contributed by atoms with van der Waals surface area (Å²) in [4.78, 5) is 12.7. The lowest BCUT2D eigenvalue weighted by Gasteiger charge is -2.19. The van der Waals surface area contributed by atoms with Crippen molar-refractivity contribution in [1.29, 1.82) is 0 Å². The van der Waals surface area contributed by atoms with E-state index in [0.29, 0.717) is 23.1 Å². The number of ketones is 1. The largest absolute Gasteiger partial charge is 0.461 e. The van der Waals surface area contributed by atoms with Gasteiger partial charge in [0.25, 0.3) is 0 Å². The maximum atomic E-state index is 12.7. The van der Waals surface area contributed by atoms with Crippen LogP contribution >= 0.6 is 0 Å². The predicted molar refractivity (Wildman–Crippen MR) is 82.1 cm³/mol. The average molecular weight is 308 g/mol. The van der Waals surface area contributed by atoms with Crippen molar-refractivity contribution in [3.05, 3.63) is 59.6 Å². The third kappa shape index (κ3) is 1.78. The molecule has 2 aromatic rings. The fraction of sp³-hybridized carbons (Fsp3) is 0.118. The highest BCUT2D eigenvalue weighted by Crippen LogP contribution is 2.41. The van der Waals surface area contributed by atoms with Gasteiger partial charge in [-0.3, -0.25) is 4.79 Å². The van der Waals surface area contributed by atoms with Crippen LogP contribution in [0.5, 0.6) is 11.5 Å². The van der Waals surface area contributed by atoms with E-state index in [0.717, 1.165) is 16.9 Å². The first-order valence-corrected chi connectivity index (χ1v) is 7.27. The number of benzene rings is 2. The highest BCUT2D eigenvalue weighted by atomic mass is 16.7. The van der Waals surface area contributed by atoms with E-state index in [1.807, 2.05) is 30.3 Å². The number of carbonyl (C=O) groups excluding carboxylic acids is 1. The fourth-order valence-electron chi connectivity index (χ4n) is 2.94. The molecule has 3 heterocycles. The van der Waals surface area contributed by atoms with Gasteiger partial charge in [0.05, 0.1) is 11.4 Å². The van der Waals surface area contributed by atoms with Gasteiger partial charge in [0.2, 0.25) is 18.5 Å². The minimum Gasteiger partial charge on any atom is -0.461 e. The standard InChI is InChI=1S/C17H12N2O4/c20-15-14-17(19-11-4-2-1-3-10(11)18-14)23-16(15)9-5-6-12-13(7-9)22-8-21-12/h1-7,16,18-19H,8H2/t16-/m0/s1. The molecule has 0 saturated heterocycles. The molecule has 0 saturated carbocycles. The first-order chi connectivity index (χ1) is 11.3. The molecular weight excluding hydrogens is 296 g/mol. The molecule has 2 aromatic carbocycles. The number of anilines is 2. The van der Waals surface area contributed by atoms with Gasteiger partial charge in [0.15, 0.2) is 17.6 Å². The summed E-state index contributed by atoms with van der Waals surface area (Å²) in [6.07, 6.45) is -0.691. The summed E-state index contributed by atoms with van der Waals surface area (Å²) in [5, 5.41) is 6.31. The first-order valence-electron chi connectivity index (χ1n) is 7.27. The Bertz CT molecular complexity index is 875. The Morgan fingerprint density at radius 3 is 2.61 bits per heavy atom. The molecule has 5 rings (SSSR count). The van der Waals surface area contributed by atoms with E-state index in [1.165, 1.54) is 0 Å². The van der Waals surface area contributed by atoms with E-state index >= 15 is 0 Å². The van der Waals surface area contributed by atoms with E-state index in [2.05, 4.69) is 10.6 Å². The second kappa shape index (κ2) is 4.42. The van der Waals surface area contributed by atoms with Gasteiger partial charge >= 0.3 is 0 Å². The van der Waals surface area contributed by atoms with Gasteiger partial charge in [-0.15, -0.1) is 0 Å². The minimum atomic E-state index is -0.691. The van der Waals surface area contributed by atoms with Crippen molar-refractivity contribution in [2.45, 2.75) is 6.10 Å². The van der Waals surface area contributed by atoms with E-state index < -0.39 is 6.10 Å². The first kappa shape index (κ1) is 12.4. The van der Waals surface area contributed by atoms with Crippen molar-refractivity contribution in [2.24, 2.45) is 0 Å². The Hall–Kier alpha value is -3.15. The van der Waals surface area contributed by atoms with Crippen molar-refractivity contribution in [2.75, 3.05) is 17.4 Å². The number of fused-ring (bicyclic) bond motifs is 2. The molecule has 2 N–H and O–H groups in total. The summed E-state index contributed by atoms with van der Waals surface area (Å²) in [7, 11) is 0. The molecule has 0 aliphatic carbocycles. The van der Waals surface area contributed by atoms with E-state index in [1.54, 1.807) is 12.1 Å². The average Bonchev–Trinajstić information content (AvgIpc) is 3.17. The third-order valence-corrected chi connectivity index (χ3v) is 4.08. The van der Waals surface area contributed by atoms with E-state index in [-0.39, 0.29) is 12.6 Å². The number of nitrogens with one attached hydrogen (secondary N) is 2. The maximum absolute atomic E-state index is 12.7. The number of hydrogen-bond donors (Lipinski definition) is 2. The summed E-state index contributed by atoms with van der Waals surface area (Å²) >= 11 is 0. The molecule has 0 bridgehead atoms.